The van der Waals surface area contributed by atoms with E-state index >= 15 is 0 Å². The zero-order valence-electron chi connectivity index (χ0n) is 8.39. The highest BCUT2D eigenvalue weighted by atomic mass is 19.4. The van der Waals surface area contributed by atoms with Crippen LogP contribution < -0.4 is 0 Å². The zero-order chi connectivity index (χ0) is 13.9. The van der Waals surface area contributed by atoms with Crippen molar-refractivity contribution in [3.8, 4) is 0 Å². The molecule has 0 radical (unpaired) electrons. The van der Waals surface area contributed by atoms with E-state index in [1.165, 1.54) is 0 Å². The number of rotatable bonds is 4. The molecule has 0 aliphatic heterocycles. The van der Waals surface area contributed by atoms with Gasteiger partial charge in [-0.15, -0.1) is 0 Å². The Labute approximate surface area is 91.7 Å². The van der Waals surface area contributed by atoms with E-state index in [-0.39, 0.29) is 5.57 Å². The Morgan fingerprint density at radius 2 is 1.65 bits per heavy atom. The van der Waals surface area contributed by atoms with Gasteiger partial charge in [0.2, 0.25) is 6.10 Å². The van der Waals surface area contributed by atoms with Crippen LogP contribution in [0.15, 0.2) is 11.6 Å². The molecule has 0 fully saturated rings. The van der Waals surface area contributed by atoms with Gasteiger partial charge in [0.25, 0.3) is 0 Å². The van der Waals surface area contributed by atoms with Crippen molar-refractivity contribution in [1.29, 1.82) is 0 Å². The van der Waals surface area contributed by atoms with Crippen LogP contribution >= 0.6 is 0 Å². The first-order chi connectivity index (χ1) is 7.44. The minimum atomic E-state index is -5.60. The number of hydrogen-bond acceptors (Lipinski definition) is 2. The van der Waals surface area contributed by atoms with E-state index in [2.05, 4.69) is 4.74 Å². The smallest absolute Gasteiger partial charge is 0.423 e. The van der Waals surface area contributed by atoms with Crippen LogP contribution in [0.1, 0.15) is 6.92 Å². The molecule has 0 saturated carbocycles. The van der Waals surface area contributed by atoms with Crippen LogP contribution in [0.25, 0.3) is 0 Å². The number of carboxylic acid groups (broad SMARTS) is 1. The van der Waals surface area contributed by atoms with Crippen LogP contribution in [0, 0.1) is 0 Å². The molecule has 0 unspecified atom stereocenters. The molecule has 0 bridgehead atoms. The number of carboxylic acids is 1. The van der Waals surface area contributed by atoms with Gasteiger partial charge in [-0.05, 0) is 12.5 Å². The van der Waals surface area contributed by atoms with Crippen molar-refractivity contribution in [2.24, 2.45) is 0 Å². The Balaban J connectivity index is 4.65. The number of alkyl halides is 6. The van der Waals surface area contributed by atoms with Crippen LogP contribution in [0.3, 0.4) is 0 Å². The standard InChI is InChI=1S/C8H8F6O3/c1-4(2-5(15)16)3-17-6(7(9,10)11)8(12,13)14/h2,6H,3H2,1H3,(H,15,16). The highest BCUT2D eigenvalue weighted by molar-refractivity contribution is 5.80. The van der Waals surface area contributed by atoms with Crippen molar-refractivity contribution < 1.29 is 41.0 Å². The normalized spacial score (nSPS) is 14.2. The molecule has 0 heterocycles. The summed E-state index contributed by atoms with van der Waals surface area (Å²) < 4.78 is 75.3. The molecule has 3 nitrogen and oxygen atoms in total. The first-order valence-electron chi connectivity index (χ1n) is 4.09. The minimum Gasteiger partial charge on any atom is -0.478 e. The number of aliphatic carboxylic acids is 1. The van der Waals surface area contributed by atoms with Crippen LogP contribution in [-0.4, -0.2) is 36.1 Å². The largest absolute Gasteiger partial charge is 0.478 e. The van der Waals surface area contributed by atoms with E-state index < -0.39 is 31.0 Å². The van der Waals surface area contributed by atoms with E-state index in [4.69, 9.17) is 5.11 Å². The van der Waals surface area contributed by atoms with Crippen molar-refractivity contribution in [1.82, 2.24) is 0 Å². The summed E-state index contributed by atoms with van der Waals surface area (Å²) in [6.45, 7) is -0.0338. The summed E-state index contributed by atoms with van der Waals surface area (Å²) >= 11 is 0. The summed E-state index contributed by atoms with van der Waals surface area (Å²) in [5.41, 5.74) is -0.268. The van der Waals surface area contributed by atoms with Gasteiger partial charge in [0.05, 0.1) is 6.61 Å². The number of ether oxygens (including phenoxy) is 1. The van der Waals surface area contributed by atoms with E-state index in [0.29, 0.717) is 6.08 Å². The molecule has 0 aliphatic carbocycles. The number of halogens is 6. The van der Waals surface area contributed by atoms with Crippen molar-refractivity contribution in [3.63, 3.8) is 0 Å². The van der Waals surface area contributed by atoms with E-state index in [9.17, 15) is 31.1 Å². The van der Waals surface area contributed by atoms with Crippen molar-refractivity contribution in [3.05, 3.63) is 11.6 Å². The molecule has 0 saturated heterocycles. The van der Waals surface area contributed by atoms with E-state index in [1.807, 2.05) is 0 Å². The number of carbonyl (C=O) groups is 1. The van der Waals surface area contributed by atoms with Crippen molar-refractivity contribution >= 4 is 5.97 Å². The van der Waals surface area contributed by atoms with E-state index in [1.54, 1.807) is 0 Å². The fourth-order valence-corrected chi connectivity index (χ4v) is 0.842. The van der Waals surface area contributed by atoms with Gasteiger partial charge in [-0.25, -0.2) is 4.79 Å². The maximum Gasteiger partial charge on any atom is 0.423 e. The monoisotopic (exact) mass is 266 g/mol. The Morgan fingerprint density at radius 1 is 1.24 bits per heavy atom. The second-order valence-electron chi connectivity index (χ2n) is 3.10. The Hall–Kier alpha value is -1.25. The van der Waals surface area contributed by atoms with Gasteiger partial charge in [-0.1, -0.05) is 0 Å². The molecule has 100 valence electrons. The lowest BCUT2D eigenvalue weighted by molar-refractivity contribution is -0.319. The second-order valence-corrected chi connectivity index (χ2v) is 3.10. The SMILES string of the molecule is CC(=CC(=O)O)COC(C(F)(F)F)C(F)(F)F. The molecule has 0 aromatic rings. The van der Waals surface area contributed by atoms with Gasteiger partial charge in [0, 0.05) is 6.08 Å². The number of hydrogen-bond donors (Lipinski definition) is 1. The molecule has 17 heavy (non-hydrogen) atoms. The lowest BCUT2D eigenvalue weighted by Gasteiger charge is -2.23. The van der Waals surface area contributed by atoms with Crippen molar-refractivity contribution in [2.45, 2.75) is 25.4 Å². The average molecular weight is 266 g/mol. The van der Waals surface area contributed by atoms with Gasteiger partial charge in [0.1, 0.15) is 0 Å². The molecular formula is C8H8F6O3. The molecule has 0 atom stereocenters. The first kappa shape index (κ1) is 15.8. The summed E-state index contributed by atoms with van der Waals surface area (Å²) in [6, 6.07) is 0. The Kier molecular flexibility index (Phi) is 4.99. The second kappa shape index (κ2) is 5.39. The Morgan fingerprint density at radius 3 is 1.94 bits per heavy atom. The highest BCUT2D eigenvalue weighted by Crippen LogP contribution is 2.35. The van der Waals surface area contributed by atoms with Crippen LogP contribution in [0.4, 0.5) is 26.3 Å². The van der Waals surface area contributed by atoms with Gasteiger partial charge in [0.15, 0.2) is 0 Å². The summed E-state index contributed by atoms with van der Waals surface area (Å²) in [4.78, 5) is 10.1. The quantitative estimate of drug-likeness (QED) is 0.628. The van der Waals surface area contributed by atoms with Crippen LogP contribution in [-0.2, 0) is 9.53 Å². The maximum atomic E-state index is 11.9. The van der Waals surface area contributed by atoms with Crippen molar-refractivity contribution in [2.75, 3.05) is 6.61 Å². The van der Waals surface area contributed by atoms with Gasteiger partial charge < -0.3 is 9.84 Å². The third-order valence-corrected chi connectivity index (χ3v) is 1.44. The predicted molar refractivity (Wildman–Crippen MR) is 43.2 cm³/mol. The highest BCUT2D eigenvalue weighted by Gasteiger charge is 2.57. The van der Waals surface area contributed by atoms with E-state index in [0.717, 1.165) is 6.92 Å². The van der Waals surface area contributed by atoms with Gasteiger partial charge >= 0.3 is 18.3 Å². The lowest BCUT2D eigenvalue weighted by atomic mass is 10.3. The molecule has 0 rings (SSSR count). The summed E-state index contributed by atoms with van der Waals surface area (Å²) in [5, 5.41) is 8.19. The fourth-order valence-electron chi connectivity index (χ4n) is 0.842. The third kappa shape index (κ3) is 6.15. The first-order valence-corrected chi connectivity index (χ1v) is 4.09. The Bertz CT molecular complexity index is 289. The average Bonchev–Trinajstić information content (AvgIpc) is 1.96. The van der Waals surface area contributed by atoms with Gasteiger partial charge in [-0.2, -0.15) is 26.3 Å². The minimum absolute atomic E-state index is 0.268. The molecule has 0 aromatic carbocycles. The molecule has 0 aliphatic rings. The summed E-state index contributed by atoms with van der Waals surface area (Å²) in [7, 11) is 0. The summed E-state index contributed by atoms with van der Waals surface area (Å²) in [6.07, 6.45) is -14.7. The molecule has 0 aromatic heterocycles. The molecule has 9 heteroatoms. The third-order valence-electron chi connectivity index (χ3n) is 1.44. The molecule has 0 spiro atoms. The van der Waals surface area contributed by atoms with Crippen LogP contribution in [0.2, 0.25) is 0 Å². The molecular weight excluding hydrogens is 258 g/mol. The maximum absolute atomic E-state index is 11.9. The molecule has 1 N–H and O–H groups in total. The topological polar surface area (TPSA) is 46.5 Å². The fraction of sp³-hybridized carbons (Fsp3) is 0.625. The predicted octanol–water partition coefficient (Wildman–Crippen LogP) is 2.53. The summed E-state index contributed by atoms with van der Waals surface area (Å²) in [5.74, 6) is -1.48. The lowest BCUT2D eigenvalue weighted by Crippen LogP contribution is -2.44. The molecule has 0 amide bonds. The zero-order valence-corrected chi connectivity index (χ0v) is 8.39. The van der Waals surface area contributed by atoms with Gasteiger partial charge in [-0.3, -0.25) is 0 Å². The van der Waals surface area contributed by atoms with Crippen LogP contribution in [0.5, 0.6) is 0 Å².